The van der Waals surface area contributed by atoms with Gasteiger partial charge in [-0.05, 0) is 24.0 Å². The van der Waals surface area contributed by atoms with E-state index in [1.54, 1.807) is 7.11 Å². The van der Waals surface area contributed by atoms with Gasteiger partial charge in [0.1, 0.15) is 11.6 Å². The molecule has 1 heterocycles. The zero-order valence-electron chi connectivity index (χ0n) is 13.1. The van der Waals surface area contributed by atoms with E-state index in [4.69, 9.17) is 15.5 Å². The average Bonchev–Trinajstić information content (AvgIpc) is 2.63. The molecule has 20 heavy (non-hydrogen) atoms. The predicted molar refractivity (Wildman–Crippen MR) is 83.0 cm³/mol. The maximum Gasteiger partial charge on any atom is 0.121 e. The van der Waals surface area contributed by atoms with Gasteiger partial charge in [0.15, 0.2) is 0 Å². The summed E-state index contributed by atoms with van der Waals surface area (Å²) >= 11 is 0. The van der Waals surface area contributed by atoms with E-state index in [2.05, 4.69) is 25.3 Å². The molecule has 0 amide bonds. The summed E-state index contributed by atoms with van der Waals surface area (Å²) in [5, 5.41) is 0. The minimum atomic E-state index is 0.132. The highest BCUT2D eigenvalue weighted by Gasteiger charge is 2.18. The van der Waals surface area contributed by atoms with E-state index < -0.39 is 0 Å². The zero-order chi connectivity index (χ0) is 14.9. The van der Waals surface area contributed by atoms with Gasteiger partial charge in [0.2, 0.25) is 0 Å². The Bertz CT molecular complexity index is 596. The molecule has 0 fully saturated rings. The fourth-order valence-corrected chi connectivity index (χ4v) is 2.63. The number of aryl methyl sites for hydroxylation is 1. The van der Waals surface area contributed by atoms with Crippen LogP contribution in [0.15, 0.2) is 18.2 Å². The third-order valence-electron chi connectivity index (χ3n) is 3.50. The fraction of sp³-hybridized carbons (Fsp3) is 0.562. The molecule has 1 aromatic carbocycles. The molecule has 0 aliphatic rings. The molecule has 4 nitrogen and oxygen atoms in total. The van der Waals surface area contributed by atoms with E-state index in [1.807, 2.05) is 25.2 Å². The van der Waals surface area contributed by atoms with Gasteiger partial charge in [0, 0.05) is 25.6 Å². The Morgan fingerprint density at radius 3 is 2.65 bits per heavy atom. The molecule has 0 saturated heterocycles. The molecule has 1 aromatic heterocycles. The first-order valence-electron chi connectivity index (χ1n) is 7.05. The first kappa shape index (κ1) is 14.9. The molecule has 0 aliphatic carbocycles. The van der Waals surface area contributed by atoms with Crippen LogP contribution in [0.2, 0.25) is 0 Å². The molecule has 0 spiro atoms. The second-order valence-corrected chi connectivity index (χ2v) is 6.67. The van der Waals surface area contributed by atoms with Crippen molar-refractivity contribution in [1.82, 2.24) is 9.55 Å². The van der Waals surface area contributed by atoms with Gasteiger partial charge in [-0.15, -0.1) is 0 Å². The van der Waals surface area contributed by atoms with Crippen LogP contribution in [-0.4, -0.2) is 22.7 Å². The van der Waals surface area contributed by atoms with Crippen molar-refractivity contribution in [2.75, 3.05) is 7.11 Å². The molecule has 0 saturated carbocycles. The van der Waals surface area contributed by atoms with Crippen LogP contribution in [0.3, 0.4) is 0 Å². The lowest BCUT2D eigenvalue weighted by Crippen LogP contribution is -2.29. The Hall–Kier alpha value is -1.55. The minimum Gasteiger partial charge on any atom is -0.497 e. The van der Waals surface area contributed by atoms with E-state index in [0.717, 1.165) is 35.4 Å². The van der Waals surface area contributed by atoms with Crippen molar-refractivity contribution >= 4 is 11.0 Å². The summed E-state index contributed by atoms with van der Waals surface area (Å²) in [5.41, 5.74) is 8.58. The highest BCUT2D eigenvalue weighted by Crippen LogP contribution is 2.24. The van der Waals surface area contributed by atoms with Gasteiger partial charge in [-0.1, -0.05) is 20.8 Å². The summed E-state index contributed by atoms with van der Waals surface area (Å²) in [6.07, 6.45) is 1.78. The monoisotopic (exact) mass is 275 g/mol. The summed E-state index contributed by atoms with van der Waals surface area (Å²) < 4.78 is 7.37. The van der Waals surface area contributed by atoms with Gasteiger partial charge < -0.3 is 15.0 Å². The zero-order valence-corrected chi connectivity index (χ0v) is 13.1. The normalized spacial score (nSPS) is 13.7. The van der Waals surface area contributed by atoms with Crippen molar-refractivity contribution < 1.29 is 4.74 Å². The number of ether oxygens (including phenoxy) is 1. The number of imidazole rings is 1. The molecule has 1 atom stereocenters. The number of nitrogens with zero attached hydrogens (tertiary/aromatic N) is 2. The highest BCUT2D eigenvalue weighted by atomic mass is 16.5. The second-order valence-electron chi connectivity index (χ2n) is 6.67. The lowest BCUT2D eigenvalue weighted by molar-refractivity contribution is 0.335. The molecule has 2 aromatic rings. The van der Waals surface area contributed by atoms with Crippen LogP contribution in [0.5, 0.6) is 5.75 Å². The molecule has 4 heteroatoms. The SMILES string of the molecule is COc1ccc2c(c1)nc(CC(N)CC(C)(C)C)n2C. The van der Waals surface area contributed by atoms with Crippen molar-refractivity contribution in [3.05, 3.63) is 24.0 Å². The van der Waals surface area contributed by atoms with Crippen LogP contribution in [-0.2, 0) is 13.5 Å². The topological polar surface area (TPSA) is 53.1 Å². The lowest BCUT2D eigenvalue weighted by atomic mass is 9.87. The van der Waals surface area contributed by atoms with Crippen molar-refractivity contribution in [2.24, 2.45) is 18.2 Å². The first-order chi connectivity index (χ1) is 9.30. The lowest BCUT2D eigenvalue weighted by Gasteiger charge is -2.22. The van der Waals surface area contributed by atoms with Gasteiger partial charge in [-0.25, -0.2) is 4.98 Å². The van der Waals surface area contributed by atoms with Crippen LogP contribution in [0, 0.1) is 5.41 Å². The van der Waals surface area contributed by atoms with E-state index in [1.165, 1.54) is 0 Å². The average molecular weight is 275 g/mol. The smallest absolute Gasteiger partial charge is 0.121 e. The van der Waals surface area contributed by atoms with Crippen LogP contribution >= 0.6 is 0 Å². The number of fused-ring (bicyclic) bond motifs is 1. The largest absolute Gasteiger partial charge is 0.497 e. The number of aromatic nitrogens is 2. The molecule has 0 aliphatic heterocycles. The molecule has 2 rings (SSSR count). The quantitative estimate of drug-likeness (QED) is 0.933. The van der Waals surface area contributed by atoms with Gasteiger partial charge in [0.05, 0.1) is 18.1 Å². The van der Waals surface area contributed by atoms with Crippen molar-refractivity contribution in [2.45, 2.75) is 39.7 Å². The molecule has 2 N–H and O–H groups in total. The predicted octanol–water partition coefficient (Wildman–Crippen LogP) is 2.89. The number of hydrogen-bond acceptors (Lipinski definition) is 3. The first-order valence-corrected chi connectivity index (χ1v) is 7.05. The maximum absolute atomic E-state index is 6.26. The molecule has 0 radical (unpaired) electrons. The summed E-state index contributed by atoms with van der Waals surface area (Å²) in [6.45, 7) is 6.64. The molecular formula is C16H25N3O. The second kappa shape index (κ2) is 5.44. The minimum absolute atomic E-state index is 0.132. The van der Waals surface area contributed by atoms with Crippen LogP contribution < -0.4 is 10.5 Å². The summed E-state index contributed by atoms with van der Waals surface area (Å²) in [7, 11) is 3.71. The number of hydrogen-bond donors (Lipinski definition) is 1. The van der Waals surface area contributed by atoms with Gasteiger partial charge in [0.25, 0.3) is 0 Å². The van der Waals surface area contributed by atoms with Crippen LogP contribution in [0.4, 0.5) is 0 Å². The van der Waals surface area contributed by atoms with Crippen molar-refractivity contribution in [3.63, 3.8) is 0 Å². The van der Waals surface area contributed by atoms with Gasteiger partial charge in [-0.3, -0.25) is 0 Å². The summed E-state index contributed by atoms with van der Waals surface area (Å²) in [5.74, 6) is 1.87. The Morgan fingerprint density at radius 2 is 2.05 bits per heavy atom. The highest BCUT2D eigenvalue weighted by molar-refractivity contribution is 5.77. The third kappa shape index (κ3) is 3.31. The van der Waals surface area contributed by atoms with Crippen molar-refractivity contribution in [1.29, 1.82) is 0 Å². The number of benzene rings is 1. The van der Waals surface area contributed by atoms with Crippen LogP contribution in [0.25, 0.3) is 11.0 Å². The number of methoxy groups -OCH3 is 1. The third-order valence-corrected chi connectivity index (χ3v) is 3.50. The molecule has 110 valence electrons. The van der Waals surface area contributed by atoms with E-state index in [-0.39, 0.29) is 11.5 Å². The Kier molecular flexibility index (Phi) is 4.04. The number of nitrogens with two attached hydrogens (primary N) is 1. The maximum atomic E-state index is 6.26. The summed E-state index contributed by atoms with van der Waals surface area (Å²) in [4.78, 5) is 4.69. The summed E-state index contributed by atoms with van der Waals surface area (Å²) in [6, 6.07) is 6.10. The van der Waals surface area contributed by atoms with Crippen LogP contribution in [0.1, 0.15) is 33.0 Å². The number of rotatable bonds is 4. The van der Waals surface area contributed by atoms with E-state index in [0.29, 0.717) is 0 Å². The molecular weight excluding hydrogens is 250 g/mol. The fourth-order valence-electron chi connectivity index (χ4n) is 2.63. The van der Waals surface area contributed by atoms with Gasteiger partial charge in [-0.2, -0.15) is 0 Å². The Labute approximate surface area is 120 Å². The molecule has 0 bridgehead atoms. The van der Waals surface area contributed by atoms with Gasteiger partial charge >= 0.3 is 0 Å². The standard InChI is InChI=1S/C16H25N3O/c1-16(2,3)10-11(17)8-15-18-13-9-12(20-5)6-7-14(13)19(15)4/h6-7,9,11H,8,10,17H2,1-5H3. The van der Waals surface area contributed by atoms with E-state index in [9.17, 15) is 0 Å². The van der Waals surface area contributed by atoms with Crippen molar-refractivity contribution in [3.8, 4) is 5.75 Å². The Morgan fingerprint density at radius 1 is 1.35 bits per heavy atom. The Balaban J connectivity index is 2.24. The molecule has 1 unspecified atom stereocenters. The van der Waals surface area contributed by atoms with E-state index >= 15 is 0 Å².